The van der Waals surface area contributed by atoms with E-state index in [2.05, 4.69) is 5.32 Å². The highest BCUT2D eigenvalue weighted by Gasteiger charge is 2.27. The van der Waals surface area contributed by atoms with Crippen molar-refractivity contribution in [3.05, 3.63) is 35.6 Å². The van der Waals surface area contributed by atoms with E-state index in [1.807, 2.05) is 0 Å². The number of benzene rings is 1. The molecule has 0 saturated heterocycles. The lowest BCUT2D eigenvalue weighted by Crippen LogP contribution is -2.38. The number of halogens is 1. The van der Waals surface area contributed by atoms with Gasteiger partial charge in [0.15, 0.2) is 0 Å². The van der Waals surface area contributed by atoms with Gasteiger partial charge in [0.05, 0.1) is 5.41 Å². The molecule has 0 aromatic heterocycles. The number of hydrogen-bond acceptors (Lipinski definition) is 2. The van der Waals surface area contributed by atoms with E-state index < -0.39 is 11.4 Å². The molecule has 0 aliphatic carbocycles. The van der Waals surface area contributed by atoms with E-state index in [1.165, 1.54) is 12.1 Å². The molecule has 0 saturated carbocycles. The summed E-state index contributed by atoms with van der Waals surface area (Å²) in [6, 6.07) is 5.95. The van der Waals surface area contributed by atoms with Crippen molar-refractivity contribution in [2.24, 2.45) is 5.41 Å². The number of nitrogens with one attached hydrogen (secondary N) is 1. The molecule has 0 radical (unpaired) electrons. The molecule has 5 heteroatoms. The van der Waals surface area contributed by atoms with Crippen molar-refractivity contribution in [1.82, 2.24) is 5.32 Å². The SMILES string of the molecule is CC(C)(CNC(=O)CCc1ccc(F)cc1)C(=O)O. The highest BCUT2D eigenvalue weighted by Crippen LogP contribution is 2.13. The maximum absolute atomic E-state index is 12.7. The van der Waals surface area contributed by atoms with Crippen LogP contribution >= 0.6 is 0 Å². The Bertz CT molecular complexity index is 454. The molecular formula is C14H18FNO3. The number of hydrogen-bond donors (Lipinski definition) is 2. The van der Waals surface area contributed by atoms with Crippen molar-refractivity contribution in [3.63, 3.8) is 0 Å². The number of carbonyl (C=O) groups excluding carboxylic acids is 1. The Kier molecular flexibility index (Phi) is 5.03. The van der Waals surface area contributed by atoms with Crippen LogP contribution in [-0.4, -0.2) is 23.5 Å². The molecule has 0 atom stereocenters. The molecule has 104 valence electrons. The number of rotatable bonds is 6. The van der Waals surface area contributed by atoms with Crippen LogP contribution in [0, 0.1) is 11.2 Å². The molecule has 0 bridgehead atoms. The molecular weight excluding hydrogens is 249 g/mol. The highest BCUT2D eigenvalue weighted by atomic mass is 19.1. The monoisotopic (exact) mass is 267 g/mol. The zero-order valence-corrected chi connectivity index (χ0v) is 11.1. The summed E-state index contributed by atoms with van der Waals surface area (Å²) in [7, 11) is 0. The third-order valence-electron chi connectivity index (χ3n) is 2.86. The molecule has 0 spiro atoms. The number of carboxylic acids is 1. The third-order valence-corrected chi connectivity index (χ3v) is 2.86. The van der Waals surface area contributed by atoms with Crippen molar-refractivity contribution < 1.29 is 19.1 Å². The first-order valence-electron chi connectivity index (χ1n) is 6.06. The second kappa shape index (κ2) is 6.31. The van der Waals surface area contributed by atoms with Crippen molar-refractivity contribution in [3.8, 4) is 0 Å². The normalized spacial score (nSPS) is 11.1. The quantitative estimate of drug-likeness (QED) is 0.828. The summed E-state index contributed by atoms with van der Waals surface area (Å²) in [6.45, 7) is 3.19. The fourth-order valence-corrected chi connectivity index (χ4v) is 1.39. The van der Waals surface area contributed by atoms with Crippen LogP contribution < -0.4 is 5.32 Å². The molecule has 0 aliphatic rings. The molecule has 4 nitrogen and oxygen atoms in total. The van der Waals surface area contributed by atoms with Gasteiger partial charge in [-0.1, -0.05) is 12.1 Å². The Balaban J connectivity index is 2.36. The second-order valence-electron chi connectivity index (χ2n) is 5.09. The van der Waals surface area contributed by atoms with Crippen LogP contribution in [-0.2, 0) is 16.0 Å². The predicted octanol–water partition coefficient (Wildman–Crippen LogP) is 1.99. The lowest BCUT2D eigenvalue weighted by molar-refractivity contribution is -0.146. The van der Waals surface area contributed by atoms with Crippen molar-refractivity contribution in [1.29, 1.82) is 0 Å². The Hall–Kier alpha value is -1.91. The first kappa shape index (κ1) is 15.1. The van der Waals surface area contributed by atoms with Gasteiger partial charge in [-0.15, -0.1) is 0 Å². The number of carbonyl (C=O) groups is 2. The second-order valence-corrected chi connectivity index (χ2v) is 5.09. The van der Waals surface area contributed by atoms with Crippen LogP contribution in [0.5, 0.6) is 0 Å². The number of aliphatic carboxylic acids is 1. The molecule has 2 N–H and O–H groups in total. The Morgan fingerprint density at radius 1 is 1.26 bits per heavy atom. The maximum atomic E-state index is 12.7. The van der Waals surface area contributed by atoms with Crippen LogP contribution in [0.15, 0.2) is 24.3 Å². The lowest BCUT2D eigenvalue weighted by Gasteiger charge is -2.19. The van der Waals surface area contributed by atoms with Gasteiger partial charge in [-0.2, -0.15) is 0 Å². The number of amides is 1. The minimum Gasteiger partial charge on any atom is -0.481 e. The fourth-order valence-electron chi connectivity index (χ4n) is 1.39. The summed E-state index contributed by atoms with van der Waals surface area (Å²) in [6.07, 6.45) is 0.751. The van der Waals surface area contributed by atoms with E-state index in [0.29, 0.717) is 6.42 Å². The zero-order valence-electron chi connectivity index (χ0n) is 11.1. The van der Waals surface area contributed by atoms with Crippen LogP contribution in [0.4, 0.5) is 4.39 Å². The molecule has 1 rings (SSSR count). The lowest BCUT2D eigenvalue weighted by atomic mass is 9.94. The predicted molar refractivity (Wildman–Crippen MR) is 69.1 cm³/mol. The fraction of sp³-hybridized carbons (Fsp3) is 0.429. The van der Waals surface area contributed by atoms with Crippen molar-refractivity contribution >= 4 is 11.9 Å². The van der Waals surface area contributed by atoms with E-state index in [4.69, 9.17) is 5.11 Å². The average Bonchev–Trinajstić information content (AvgIpc) is 2.35. The molecule has 0 aliphatic heterocycles. The topological polar surface area (TPSA) is 66.4 Å². The van der Waals surface area contributed by atoms with Gasteiger partial charge in [0.2, 0.25) is 5.91 Å². The van der Waals surface area contributed by atoms with Gasteiger partial charge in [-0.25, -0.2) is 4.39 Å². The Morgan fingerprint density at radius 2 is 1.84 bits per heavy atom. The molecule has 1 amide bonds. The van der Waals surface area contributed by atoms with Gasteiger partial charge in [0.25, 0.3) is 0 Å². The highest BCUT2D eigenvalue weighted by molar-refractivity contribution is 5.78. The molecule has 1 aromatic carbocycles. The summed E-state index contributed by atoms with van der Waals surface area (Å²) in [5.41, 5.74) is -0.111. The summed E-state index contributed by atoms with van der Waals surface area (Å²) >= 11 is 0. The first-order chi connectivity index (χ1) is 8.81. The smallest absolute Gasteiger partial charge is 0.310 e. The average molecular weight is 267 g/mol. The maximum Gasteiger partial charge on any atom is 0.310 e. The van der Waals surface area contributed by atoms with Gasteiger partial charge in [-0.3, -0.25) is 9.59 Å². The summed E-state index contributed by atoms with van der Waals surface area (Å²) in [4.78, 5) is 22.4. The van der Waals surface area contributed by atoms with Gasteiger partial charge in [0.1, 0.15) is 5.82 Å². The van der Waals surface area contributed by atoms with E-state index in [0.717, 1.165) is 5.56 Å². The van der Waals surface area contributed by atoms with Gasteiger partial charge >= 0.3 is 5.97 Å². The van der Waals surface area contributed by atoms with E-state index in [9.17, 15) is 14.0 Å². The summed E-state index contributed by atoms with van der Waals surface area (Å²) in [5.74, 6) is -1.47. The molecule has 0 unspecified atom stereocenters. The molecule has 19 heavy (non-hydrogen) atoms. The zero-order chi connectivity index (χ0) is 14.5. The minimum absolute atomic E-state index is 0.0879. The van der Waals surface area contributed by atoms with Crippen LogP contribution in [0.1, 0.15) is 25.8 Å². The standard InChI is InChI=1S/C14H18FNO3/c1-14(2,13(18)19)9-16-12(17)8-5-10-3-6-11(15)7-4-10/h3-4,6-7H,5,8-9H2,1-2H3,(H,16,17)(H,18,19). The van der Waals surface area contributed by atoms with Crippen molar-refractivity contribution in [2.45, 2.75) is 26.7 Å². The third kappa shape index (κ3) is 5.07. The summed E-state index contributed by atoms with van der Waals surface area (Å²) in [5, 5.41) is 11.5. The molecule has 1 aromatic rings. The number of aryl methyl sites for hydroxylation is 1. The van der Waals surface area contributed by atoms with Crippen LogP contribution in [0.2, 0.25) is 0 Å². The minimum atomic E-state index is -0.981. The Labute approximate surface area is 111 Å². The molecule has 0 heterocycles. The number of carboxylic acid groups (broad SMARTS) is 1. The largest absolute Gasteiger partial charge is 0.481 e. The first-order valence-corrected chi connectivity index (χ1v) is 6.06. The molecule has 0 fully saturated rings. The van der Waals surface area contributed by atoms with Crippen LogP contribution in [0.25, 0.3) is 0 Å². The van der Waals surface area contributed by atoms with E-state index in [1.54, 1.807) is 26.0 Å². The van der Waals surface area contributed by atoms with Gasteiger partial charge < -0.3 is 10.4 Å². The van der Waals surface area contributed by atoms with Crippen molar-refractivity contribution in [2.75, 3.05) is 6.54 Å². The summed E-state index contributed by atoms with van der Waals surface area (Å²) < 4.78 is 12.7. The Morgan fingerprint density at radius 3 is 2.37 bits per heavy atom. The van der Waals surface area contributed by atoms with E-state index >= 15 is 0 Å². The van der Waals surface area contributed by atoms with Gasteiger partial charge in [-0.05, 0) is 38.0 Å². The van der Waals surface area contributed by atoms with Gasteiger partial charge in [0, 0.05) is 13.0 Å². The van der Waals surface area contributed by atoms with E-state index in [-0.39, 0.29) is 24.7 Å². The van der Waals surface area contributed by atoms with Crippen LogP contribution in [0.3, 0.4) is 0 Å².